The minimum Gasteiger partial charge on any atom is -0.381 e. The van der Waals surface area contributed by atoms with E-state index >= 15 is 0 Å². The Morgan fingerprint density at radius 3 is 2.79 bits per heavy atom. The summed E-state index contributed by atoms with van der Waals surface area (Å²) < 4.78 is 11.4. The predicted molar refractivity (Wildman–Crippen MR) is 74.0 cm³/mol. The summed E-state index contributed by atoms with van der Waals surface area (Å²) in [5.74, 6) is 0.606. The summed E-state index contributed by atoms with van der Waals surface area (Å²) in [5, 5.41) is 0. The quantitative estimate of drug-likeness (QED) is 0.829. The summed E-state index contributed by atoms with van der Waals surface area (Å²) in [6.45, 7) is 4.26. The van der Waals surface area contributed by atoms with Gasteiger partial charge in [-0.2, -0.15) is 0 Å². The van der Waals surface area contributed by atoms with Crippen LogP contribution in [0.4, 0.5) is 0 Å². The highest BCUT2D eigenvalue weighted by Crippen LogP contribution is 2.37. The summed E-state index contributed by atoms with van der Waals surface area (Å²) in [5.41, 5.74) is 5.65. The van der Waals surface area contributed by atoms with Gasteiger partial charge < -0.3 is 15.2 Å². The van der Waals surface area contributed by atoms with Gasteiger partial charge in [-0.05, 0) is 45.4 Å². The summed E-state index contributed by atoms with van der Waals surface area (Å²) >= 11 is 0. The van der Waals surface area contributed by atoms with Crippen molar-refractivity contribution in [1.82, 2.24) is 0 Å². The lowest BCUT2D eigenvalue weighted by Crippen LogP contribution is -2.45. The molecule has 4 heteroatoms. The zero-order chi connectivity index (χ0) is 13.7. The Morgan fingerprint density at radius 1 is 1.37 bits per heavy atom. The average Bonchev–Trinajstić information content (AvgIpc) is 2.39. The molecule has 110 valence electrons. The zero-order valence-electron chi connectivity index (χ0n) is 12.0. The maximum Gasteiger partial charge on any atom is 0.136 e. The molecule has 2 fully saturated rings. The Labute approximate surface area is 116 Å². The fourth-order valence-electron chi connectivity index (χ4n) is 3.20. The van der Waals surface area contributed by atoms with Crippen molar-refractivity contribution in [2.45, 2.75) is 63.5 Å². The van der Waals surface area contributed by atoms with Gasteiger partial charge in [0, 0.05) is 38.2 Å². The zero-order valence-corrected chi connectivity index (χ0v) is 12.0. The van der Waals surface area contributed by atoms with Gasteiger partial charge in [-0.15, -0.1) is 0 Å². The third kappa shape index (κ3) is 4.26. The number of ether oxygens (including phenoxy) is 2. The molecule has 0 radical (unpaired) electrons. The fraction of sp³-hybridized carbons (Fsp3) is 0.933. The average molecular weight is 269 g/mol. The van der Waals surface area contributed by atoms with Crippen molar-refractivity contribution in [1.29, 1.82) is 0 Å². The standard InChI is InChI=1S/C15H27NO3/c1-12(16)3-2-4-14(17)13-5-8-19-15(11-13)6-9-18-10-7-15/h12-13H,2-11,16H2,1H3. The number of carbonyl (C=O) groups is 1. The van der Waals surface area contributed by atoms with E-state index in [0.29, 0.717) is 12.2 Å². The predicted octanol–water partition coefficient (Wildman–Crippen LogP) is 2.05. The molecule has 0 saturated carbocycles. The van der Waals surface area contributed by atoms with E-state index in [2.05, 4.69) is 0 Å². The summed E-state index contributed by atoms with van der Waals surface area (Å²) in [6.07, 6.45) is 6.21. The van der Waals surface area contributed by atoms with Crippen LogP contribution in [0.5, 0.6) is 0 Å². The van der Waals surface area contributed by atoms with Crippen molar-refractivity contribution < 1.29 is 14.3 Å². The van der Waals surface area contributed by atoms with Gasteiger partial charge in [-0.1, -0.05) is 0 Å². The molecular weight excluding hydrogens is 242 g/mol. The van der Waals surface area contributed by atoms with Crippen molar-refractivity contribution in [2.24, 2.45) is 11.7 Å². The molecule has 2 aliphatic heterocycles. The second kappa shape index (κ2) is 6.82. The van der Waals surface area contributed by atoms with Crippen molar-refractivity contribution >= 4 is 5.78 Å². The van der Waals surface area contributed by atoms with Crippen LogP contribution < -0.4 is 5.73 Å². The van der Waals surface area contributed by atoms with Crippen LogP contribution in [0.15, 0.2) is 0 Å². The largest absolute Gasteiger partial charge is 0.381 e. The smallest absolute Gasteiger partial charge is 0.136 e. The monoisotopic (exact) mass is 269 g/mol. The third-order valence-electron chi connectivity index (χ3n) is 4.43. The molecule has 0 bridgehead atoms. The van der Waals surface area contributed by atoms with E-state index in [1.54, 1.807) is 0 Å². The Hall–Kier alpha value is -0.450. The van der Waals surface area contributed by atoms with Crippen molar-refractivity contribution in [2.75, 3.05) is 19.8 Å². The molecule has 19 heavy (non-hydrogen) atoms. The number of rotatable bonds is 5. The number of Topliss-reactive ketones (excluding diaryl/α,β-unsaturated/α-hetero) is 1. The highest BCUT2D eigenvalue weighted by atomic mass is 16.5. The summed E-state index contributed by atoms with van der Waals surface area (Å²) in [4.78, 5) is 12.3. The summed E-state index contributed by atoms with van der Waals surface area (Å²) in [6, 6.07) is 0.198. The van der Waals surface area contributed by atoms with Gasteiger partial charge in [0.2, 0.25) is 0 Å². The van der Waals surface area contributed by atoms with Crippen LogP contribution in [0.25, 0.3) is 0 Å². The van der Waals surface area contributed by atoms with Crippen molar-refractivity contribution in [3.63, 3.8) is 0 Å². The molecule has 0 aliphatic carbocycles. The molecule has 0 aromatic heterocycles. The van der Waals surface area contributed by atoms with Crippen molar-refractivity contribution in [3.05, 3.63) is 0 Å². The van der Waals surface area contributed by atoms with Crippen LogP contribution in [0.1, 0.15) is 51.9 Å². The van der Waals surface area contributed by atoms with E-state index in [-0.39, 0.29) is 17.6 Å². The van der Waals surface area contributed by atoms with E-state index in [4.69, 9.17) is 15.2 Å². The first-order valence-electron chi connectivity index (χ1n) is 7.61. The lowest BCUT2D eigenvalue weighted by atomic mass is 9.78. The first-order valence-corrected chi connectivity index (χ1v) is 7.61. The van der Waals surface area contributed by atoms with E-state index in [9.17, 15) is 4.79 Å². The Kier molecular flexibility index (Phi) is 5.37. The van der Waals surface area contributed by atoms with Crippen LogP contribution in [0.3, 0.4) is 0 Å². The number of ketones is 1. The first kappa shape index (κ1) is 14.9. The molecule has 2 aliphatic rings. The molecule has 0 aromatic rings. The minimum absolute atomic E-state index is 0.0714. The number of hydrogen-bond donors (Lipinski definition) is 1. The van der Waals surface area contributed by atoms with Crippen molar-refractivity contribution in [3.8, 4) is 0 Å². The molecule has 2 unspecified atom stereocenters. The lowest BCUT2D eigenvalue weighted by molar-refractivity contribution is -0.157. The second-order valence-electron chi connectivity index (χ2n) is 6.17. The molecule has 2 atom stereocenters. The van der Waals surface area contributed by atoms with E-state index < -0.39 is 0 Å². The van der Waals surface area contributed by atoms with Gasteiger partial charge in [0.05, 0.1) is 5.60 Å². The second-order valence-corrected chi connectivity index (χ2v) is 6.17. The molecule has 2 heterocycles. The molecule has 0 aromatic carbocycles. The highest BCUT2D eigenvalue weighted by molar-refractivity contribution is 5.81. The van der Waals surface area contributed by atoms with Crippen LogP contribution in [0.2, 0.25) is 0 Å². The molecule has 1 spiro atoms. The van der Waals surface area contributed by atoms with Gasteiger partial charge >= 0.3 is 0 Å². The van der Waals surface area contributed by atoms with Crippen LogP contribution >= 0.6 is 0 Å². The maximum absolute atomic E-state index is 12.3. The van der Waals surface area contributed by atoms with Gasteiger partial charge in [0.25, 0.3) is 0 Å². The van der Waals surface area contributed by atoms with Gasteiger partial charge in [-0.25, -0.2) is 0 Å². The number of nitrogens with two attached hydrogens (primary N) is 1. The topological polar surface area (TPSA) is 61.6 Å². The van der Waals surface area contributed by atoms with Gasteiger partial charge in [-0.3, -0.25) is 4.79 Å². The van der Waals surface area contributed by atoms with E-state index in [1.165, 1.54) is 0 Å². The Balaban J connectivity index is 1.81. The normalized spacial score (nSPS) is 28.2. The van der Waals surface area contributed by atoms with Gasteiger partial charge in [0.1, 0.15) is 5.78 Å². The molecule has 2 N–H and O–H groups in total. The first-order chi connectivity index (χ1) is 9.11. The molecular formula is C15H27NO3. The Bertz CT molecular complexity index is 292. The van der Waals surface area contributed by atoms with Crippen LogP contribution in [-0.4, -0.2) is 37.2 Å². The Morgan fingerprint density at radius 2 is 2.11 bits per heavy atom. The van der Waals surface area contributed by atoms with E-state index in [1.807, 2.05) is 6.92 Å². The summed E-state index contributed by atoms with van der Waals surface area (Å²) in [7, 11) is 0. The SMILES string of the molecule is CC(N)CCCC(=O)C1CCOC2(CCOCC2)C1. The third-order valence-corrected chi connectivity index (χ3v) is 4.43. The molecule has 2 rings (SSSR count). The van der Waals surface area contributed by atoms with E-state index in [0.717, 1.165) is 58.3 Å². The minimum atomic E-state index is -0.0714. The van der Waals surface area contributed by atoms with Crippen LogP contribution in [-0.2, 0) is 14.3 Å². The highest BCUT2D eigenvalue weighted by Gasteiger charge is 2.40. The fourth-order valence-corrected chi connectivity index (χ4v) is 3.20. The molecule has 4 nitrogen and oxygen atoms in total. The molecule has 2 saturated heterocycles. The molecule has 0 amide bonds. The number of carbonyl (C=O) groups excluding carboxylic acids is 1. The lowest BCUT2D eigenvalue weighted by Gasteiger charge is -2.43. The van der Waals surface area contributed by atoms with Gasteiger partial charge in [0.15, 0.2) is 0 Å². The maximum atomic E-state index is 12.3. The van der Waals surface area contributed by atoms with Crippen LogP contribution in [0, 0.1) is 5.92 Å². The number of hydrogen-bond acceptors (Lipinski definition) is 4.